The Bertz CT molecular complexity index is 983. The fourth-order valence-corrected chi connectivity index (χ4v) is 4.13. The van der Waals surface area contributed by atoms with Crippen molar-refractivity contribution in [2.75, 3.05) is 12.3 Å². The average Bonchev–Trinajstić information content (AvgIpc) is 3.02. The van der Waals surface area contributed by atoms with Gasteiger partial charge in [0.25, 0.3) is 6.08 Å². The Kier molecular flexibility index (Phi) is 5.55. The van der Waals surface area contributed by atoms with Crippen molar-refractivity contribution in [3.05, 3.63) is 12.4 Å². The van der Waals surface area contributed by atoms with Gasteiger partial charge in [0.2, 0.25) is 0 Å². The summed E-state index contributed by atoms with van der Waals surface area (Å²) in [4.78, 5) is 37.3. The molecule has 0 saturated carbocycles. The number of nitrogens with zero attached hydrogens (tertiary/aromatic N) is 4. The Morgan fingerprint density at radius 3 is 2.57 bits per heavy atom. The molecule has 28 heavy (non-hydrogen) atoms. The lowest BCUT2D eigenvalue weighted by Gasteiger charge is -2.17. The molecule has 2 aromatic heterocycles. The molecule has 0 bridgehead atoms. The molecule has 1 aliphatic heterocycles. The summed E-state index contributed by atoms with van der Waals surface area (Å²) in [5, 5.41) is 20.2. The molecular formula is C10H14FN5O10P2. The molecule has 1 fully saturated rings. The predicted molar refractivity (Wildman–Crippen MR) is 84.5 cm³/mol. The van der Waals surface area contributed by atoms with Crippen molar-refractivity contribution < 1.29 is 52.0 Å². The summed E-state index contributed by atoms with van der Waals surface area (Å²) in [7, 11) is -10.6. The van der Waals surface area contributed by atoms with E-state index in [1.807, 2.05) is 0 Å². The first kappa shape index (κ1) is 21.1. The number of fused-ring (bicyclic) bond motifs is 1. The van der Waals surface area contributed by atoms with Crippen molar-refractivity contribution >= 4 is 32.6 Å². The van der Waals surface area contributed by atoms with Crippen LogP contribution in [0.4, 0.5) is 10.2 Å². The van der Waals surface area contributed by atoms with Crippen LogP contribution >= 0.6 is 15.6 Å². The summed E-state index contributed by atoms with van der Waals surface area (Å²) in [6.07, 6.45) is -6.73. The molecule has 0 aromatic carbocycles. The third kappa shape index (κ3) is 4.21. The first-order valence-electron chi connectivity index (χ1n) is 7.29. The van der Waals surface area contributed by atoms with Crippen LogP contribution < -0.4 is 5.73 Å². The van der Waals surface area contributed by atoms with Crippen LogP contribution in [-0.2, 0) is 22.7 Å². The first-order valence-corrected chi connectivity index (χ1v) is 10.3. The molecule has 18 heteroatoms. The van der Waals surface area contributed by atoms with Crippen molar-refractivity contribution in [1.82, 2.24) is 19.5 Å². The molecule has 0 spiro atoms. The Morgan fingerprint density at radius 1 is 1.25 bits per heavy atom. The quantitative estimate of drug-likeness (QED) is 0.217. The van der Waals surface area contributed by atoms with E-state index in [4.69, 9.17) is 20.3 Å². The van der Waals surface area contributed by atoms with Gasteiger partial charge >= 0.3 is 15.6 Å². The molecule has 15 nitrogen and oxygen atoms in total. The number of imidazole rings is 1. The normalized spacial score (nSPS) is 27.9. The van der Waals surface area contributed by atoms with Gasteiger partial charge in [0.15, 0.2) is 23.2 Å². The number of halogens is 1. The highest BCUT2D eigenvalue weighted by Crippen LogP contribution is 2.57. The summed E-state index contributed by atoms with van der Waals surface area (Å²) >= 11 is 0. The van der Waals surface area contributed by atoms with E-state index in [2.05, 4.69) is 23.8 Å². The summed E-state index contributed by atoms with van der Waals surface area (Å²) < 4.78 is 50.2. The number of hydrogen-bond donors (Lipinski definition) is 6. The Hall–Kier alpha value is -1.58. The molecule has 156 valence electrons. The highest BCUT2D eigenvalue weighted by molar-refractivity contribution is 7.60. The zero-order chi connectivity index (χ0) is 20.9. The predicted octanol–water partition coefficient (Wildman–Crippen LogP) is -1.61. The van der Waals surface area contributed by atoms with Gasteiger partial charge in [-0.2, -0.15) is 13.7 Å². The molecule has 1 unspecified atom stereocenters. The van der Waals surface area contributed by atoms with Crippen LogP contribution in [-0.4, -0.2) is 69.3 Å². The van der Waals surface area contributed by atoms with Crippen LogP contribution in [0.2, 0.25) is 0 Å². The molecule has 0 aliphatic carbocycles. The second kappa shape index (κ2) is 7.35. The van der Waals surface area contributed by atoms with Crippen molar-refractivity contribution in [3.8, 4) is 0 Å². The maximum Gasteiger partial charge on any atom is 0.481 e. The van der Waals surface area contributed by atoms with Gasteiger partial charge in [-0.1, -0.05) is 0 Å². The second-order valence-corrected chi connectivity index (χ2v) is 8.39. The zero-order valence-corrected chi connectivity index (χ0v) is 15.3. The third-order valence-corrected chi connectivity index (χ3v) is 5.82. The molecule has 5 atom stereocenters. The Labute approximate surface area is 154 Å². The lowest BCUT2D eigenvalue weighted by Crippen LogP contribution is -2.33. The highest BCUT2D eigenvalue weighted by Gasteiger charge is 2.47. The maximum absolute atomic E-state index is 14.3. The van der Waals surface area contributed by atoms with E-state index in [0.29, 0.717) is 4.57 Å². The molecule has 0 radical (unpaired) electrons. The van der Waals surface area contributed by atoms with Crippen molar-refractivity contribution in [2.45, 2.75) is 24.5 Å². The molecule has 2 aromatic rings. The number of aromatic nitrogens is 4. The van der Waals surface area contributed by atoms with Crippen LogP contribution in [0.3, 0.4) is 0 Å². The molecule has 1 saturated heterocycles. The van der Waals surface area contributed by atoms with E-state index in [1.165, 1.54) is 0 Å². The Morgan fingerprint density at radius 2 is 1.93 bits per heavy atom. The minimum Gasteiger partial charge on any atom is -0.387 e. The van der Waals surface area contributed by atoms with E-state index in [0.717, 1.165) is 6.33 Å². The van der Waals surface area contributed by atoms with Gasteiger partial charge in [-0.25, -0.2) is 19.1 Å². The number of nitrogens with two attached hydrogens (primary N) is 1. The SMILES string of the molecule is Nc1ncnc2c1nc([18F])n2[C@@H]1O[C@H](COP(=O)(O)OP(=O)(O)O)[C@@H](O)[C@H]1O. The number of nitrogen functional groups attached to an aromatic ring is 1. The number of phosphoric acid groups is 2. The third-order valence-electron chi connectivity index (χ3n) is 3.67. The summed E-state index contributed by atoms with van der Waals surface area (Å²) in [5.41, 5.74) is 5.29. The summed E-state index contributed by atoms with van der Waals surface area (Å²) in [5.74, 6) is -0.147. The number of phosphoric ester groups is 1. The lowest BCUT2D eigenvalue weighted by atomic mass is 10.1. The van der Waals surface area contributed by atoms with Crippen LogP contribution in [0.25, 0.3) is 11.2 Å². The van der Waals surface area contributed by atoms with E-state index < -0.39 is 52.9 Å². The molecule has 1 aliphatic rings. The van der Waals surface area contributed by atoms with E-state index in [-0.39, 0.29) is 17.0 Å². The molecule has 3 rings (SSSR count). The van der Waals surface area contributed by atoms with Crippen LogP contribution in [0.1, 0.15) is 6.23 Å². The molecular weight excluding hydrogens is 430 g/mol. The van der Waals surface area contributed by atoms with Gasteiger partial charge in [0.05, 0.1) is 6.61 Å². The van der Waals surface area contributed by atoms with E-state index in [1.54, 1.807) is 0 Å². The van der Waals surface area contributed by atoms with Gasteiger partial charge < -0.3 is 35.4 Å². The largest absolute Gasteiger partial charge is 0.481 e. The van der Waals surface area contributed by atoms with Gasteiger partial charge in [-0.15, -0.1) is 0 Å². The second-order valence-electron chi connectivity index (χ2n) is 5.56. The van der Waals surface area contributed by atoms with Gasteiger partial charge in [0, 0.05) is 0 Å². The van der Waals surface area contributed by atoms with Crippen LogP contribution in [0.15, 0.2) is 6.33 Å². The van der Waals surface area contributed by atoms with Gasteiger partial charge in [0.1, 0.15) is 24.6 Å². The summed E-state index contributed by atoms with van der Waals surface area (Å²) in [6.45, 7) is -0.937. The molecule has 0 amide bonds. The Balaban J connectivity index is 1.80. The number of rotatable bonds is 6. The van der Waals surface area contributed by atoms with Crippen molar-refractivity contribution in [3.63, 3.8) is 0 Å². The maximum atomic E-state index is 14.3. The number of aliphatic hydroxyl groups excluding tert-OH is 2. The minimum absolute atomic E-state index is 0.125. The van der Waals surface area contributed by atoms with Crippen molar-refractivity contribution in [2.24, 2.45) is 0 Å². The van der Waals surface area contributed by atoms with E-state index >= 15 is 0 Å². The molecule has 7 N–H and O–H groups in total. The topological polar surface area (TPSA) is 233 Å². The average molecular weight is 444 g/mol. The van der Waals surface area contributed by atoms with Crippen molar-refractivity contribution in [1.29, 1.82) is 0 Å². The lowest BCUT2D eigenvalue weighted by molar-refractivity contribution is -0.0550. The zero-order valence-electron chi connectivity index (χ0n) is 13.5. The van der Waals surface area contributed by atoms with Crippen LogP contribution in [0.5, 0.6) is 0 Å². The fraction of sp³-hybridized carbons (Fsp3) is 0.500. The minimum atomic E-state index is -5.35. The van der Waals surface area contributed by atoms with Gasteiger partial charge in [-0.3, -0.25) is 9.09 Å². The number of aliphatic hydroxyl groups is 2. The number of ether oxygens (including phenoxy) is 1. The van der Waals surface area contributed by atoms with Gasteiger partial charge in [-0.05, 0) is 0 Å². The smallest absolute Gasteiger partial charge is 0.387 e. The number of anilines is 1. The first-order chi connectivity index (χ1) is 12.9. The monoisotopic (exact) mass is 444 g/mol. The molecule has 3 heterocycles. The summed E-state index contributed by atoms with van der Waals surface area (Å²) in [6, 6.07) is 0. The van der Waals surface area contributed by atoms with Crippen LogP contribution in [0, 0.1) is 6.08 Å². The fourth-order valence-electron chi connectivity index (χ4n) is 2.53. The highest BCUT2D eigenvalue weighted by atomic mass is 31.3. The standard InChI is InChI=1S/C10H14FN5O10P2/c11-10-15-4-7(12)13-2-14-8(4)16(10)9-6(18)5(17)3(25-9)1-24-28(22,23)26-27(19,20)21/h2-3,5-6,9,17-18H,1H2,(H,22,23)(H2,12,13,14)(H2,19,20,21)/t3-,5-,6-,9-/m1/s1/i11-1. The van der Waals surface area contributed by atoms with E-state index in [9.17, 15) is 28.6 Å². The number of hydrogen-bond acceptors (Lipinski definition) is 11.